The van der Waals surface area contributed by atoms with E-state index in [0.29, 0.717) is 12.8 Å². The second-order valence-corrected chi connectivity index (χ2v) is 17.0. The first-order chi connectivity index (χ1) is 30.6. The molecule has 0 rings (SSSR count). The average Bonchev–Trinajstić information content (AvgIpc) is 3.26. The molecule has 0 aromatic carbocycles. The molecule has 0 heterocycles. The van der Waals surface area contributed by atoms with Gasteiger partial charge in [-0.15, -0.1) is 0 Å². The van der Waals surface area contributed by atoms with Crippen LogP contribution < -0.4 is 5.32 Å². The maximum Gasteiger partial charge on any atom is 0.472 e. The van der Waals surface area contributed by atoms with E-state index in [0.717, 1.165) is 70.6 Å². The molecule has 0 radical (unpaired) electrons. The number of allylic oxidation sites excluding steroid dienone is 15. The summed E-state index contributed by atoms with van der Waals surface area (Å²) >= 11 is 0. The van der Waals surface area contributed by atoms with Crippen molar-refractivity contribution in [2.24, 2.45) is 0 Å². The molecule has 0 aromatic rings. The number of carbonyl (C=O) groups excluding carboxylic acids is 2. The molecule has 0 saturated heterocycles. The van der Waals surface area contributed by atoms with E-state index in [9.17, 15) is 34.1 Å². The number of carboxylic acids is 1. The number of carboxylic acid groups (broad SMARTS) is 1. The Balaban J connectivity index is 4.01. The van der Waals surface area contributed by atoms with Crippen molar-refractivity contribution in [3.05, 3.63) is 97.2 Å². The Labute approximate surface area is 381 Å². The molecular formula is C51H84NO10P. The number of unbranched alkanes of at least 4 members (excludes halogenated alkanes) is 14. The third-order valence-corrected chi connectivity index (χ3v) is 10.6. The number of aliphatic hydroxyl groups is 1. The van der Waals surface area contributed by atoms with Crippen LogP contribution in [0.25, 0.3) is 0 Å². The first-order valence-electron chi connectivity index (χ1n) is 23.8. The number of ether oxygens (including phenoxy) is 1. The van der Waals surface area contributed by atoms with Crippen molar-refractivity contribution in [1.29, 1.82) is 0 Å². The zero-order valence-electron chi connectivity index (χ0n) is 38.8. The zero-order valence-corrected chi connectivity index (χ0v) is 39.7. The third-order valence-electron chi connectivity index (χ3n) is 9.64. The zero-order chi connectivity index (χ0) is 46.3. The number of hydrogen-bond acceptors (Lipinski definition) is 8. The molecule has 3 unspecified atom stereocenters. The monoisotopic (exact) mass is 902 g/mol. The summed E-state index contributed by atoms with van der Waals surface area (Å²) in [7, 11) is -4.79. The molecule has 0 fully saturated rings. The van der Waals surface area contributed by atoms with Gasteiger partial charge in [-0.25, -0.2) is 9.36 Å². The largest absolute Gasteiger partial charge is 0.480 e. The maximum atomic E-state index is 12.3. The summed E-state index contributed by atoms with van der Waals surface area (Å²) in [5.41, 5.74) is 0. The number of aliphatic hydroxyl groups excluding tert-OH is 1. The topological polar surface area (TPSA) is 169 Å². The lowest BCUT2D eigenvalue weighted by atomic mass is 10.1. The molecule has 1 amide bonds. The van der Waals surface area contributed by atoms with E-state index in [-0.39, 0.29) is 12.8 Å². The van der Waals surface area contributed by atoms with Gasteiger partial charge in [-0.1, -0.05) is 182 Å². The van der Waals surface area contributed by atoms with Crippen LogP contribution in [0.3, 0.4) is 0 Å². The highest BCUT2D eigenvalue weighted by atomic mass is 31.2. The van der Waals surface area contributed by atoms with E-state index in [1.54, 1.807) is 6.08 Å². The predicted octanol–water partition coefficient (Wildman–Crippen LogP) is 12.8. The number of rotatable bonds is 43. The van der Waals surface area contributed by atoms with Crippen LogP contribution in [-0.2, 0) is 32.7 Å². The van der Waals surface area contributed by atoms with E-state index < -0.39 is 57.6 Å². The molecule has 63 heavy (non-hydrogen) atoms. The number of phosphoric acid groups is 1. The standard InChI is InChI=1S/C51H84NO10P/c1-3-5-7-9-11-13-15-17-19-21-23-24-25-27-29-31-33-35-37-39-41-43-50(55)60-44-47(53)45-61-63(58,59)62-46-48(51(56)57)52-49(54)42-40-38-36-34-32-30-28-26-22-20-18-16-14-12-10-8-6-4-2/h5,7,11,13,17,19-20,22-24,27,29,33,35,39,41,47-48,53H,3-4,6,8-10,12,14-16,18,21,25-26,28,30-32,34,36-38,40,42-46H2,1-2H3,(H,52,54)(H,56,57)(H,58,59)/b7-5-,13-11-,19-17-,22-20-,24-23-,29-27-,35-33-,41-39-. The minimum atomic E-state index is -4.79. The van der Waals surface area contributed by atoms with Crippen LogP contribution in [0.2, 0.25) is 0 Å². The molecule has 4 N–H and O–H groups in total. The van der Waals surface area contributed by atoms with Gasteiger partial charge in [-0.05, 0) is 77.0 Å². The van der Waals surface area contributed by atoms with E-state index in [2.05, 4.69) is 92.1 Å². The van der Waals surface area contributed by atoms with Crippen molar-refractivity contribution in [2.75, 3.05) is 19.8 Å². The van der Waals surface area contributed by atoms with Crippen LogP contribution in [0.4, 0.5) is 0 Å². The van der Waals surface area contributed by atoms with Gasteiger partial charge in [0.15, 0.2) is 6.04 Å². The predicted molar refractivity (Wildman–Crippen MR) is 258 cm³/mol. The van der Waals surface area contributed by atoms with Gasteiger partial charge in [0.05, 0.1) is 19.6 Å². The summed E-state index contributed by atoms with van der Waals surface area (Å²) < 4.78 is 26.8. The fraction of sp³-hybridized carbons (Fsp3) is 0.627. The van der Waals surface area contributed by atoms with Crippen molar-refractivity contribution in [2.45, 2.75) is 187 Å². The van der Waals surface area contributed by atoms with Crippen LogP contribution in [0.1, 0.15) is 174 Å². The second kappa shape index (κ2) is 45.0. The molecule has 12 heteroatoms. The van der Waals surface area contributed by atoms with Gasteiger partial charge in [0, 0.05) is 6.42 Å². The summed E-state index contributed by atoms with van der Waals surface area (Å²) in [6.45, 7) is 2.37. The van der Waals surface area contributed by atoms with E-state index >= 15 is 0 Å². The first-order valence-corrected chi connectivity index (χ1v) is 25.3. The fourth-order valence-corrected chi connectivity index (χ4v) is 6.75. The van der Waals surface area contributed by atoms with E-state index in [1.165, 1.54) is 64.2 Å². The summed E-state index contributed by atoms with van der Waals surface area (Å²) in [5, 5.41) is 21.8. The normalized spacial score (nSPS) is 14.5. The van der Waals surface area contributed by atoms with Crippen LogP contribution >= 0.6 is 7.82 Å². The number of phosphoric ester groups is 1. The Kier molecular flexibility index (Phi) is 42.4. The van der Waals surface area contributed by atoms with Gasteiger partial charge >= 0.3 is 19.8 Å². The molecular weight excluding hydrogens is 818 g/mol. The molecule has 11 nitrogen and oxygen atoms in total. The number of nitrogens with one attached hydrogen (secondary N) is 1. The smallest absolute Gasteiger partial charge is 0.472 e. The molecule has 0 aliphatic rings. The number of aliphatic carboxylic acids is 1. The van der Waals surface area contributed by atoms with E-state index in [4.69, 9.17) is 13.8 Å². The molecule has 0 bridgehead atoms. The number of amides is 1. The van der Waals surface area contributed by atoms with Crippen molar-refractivity contribution in [3.63, 3.8) is 0 Å². The lowest BCUT2D eigenvalue weighted by molar-refractivity contribution is -0.146. The van der Waals surface area contributed by atoms with Crippen LogP contribution in [0.15, 0.2) is 97.2 Å². The molecule has 3 atom stereocenters. The van der Waals surface area contributed by atoms with Crippen molar-refractivity contribution in [3.8, 4) is 0 Å². The summed E-state index contributed by atoms with van der Waals surface area (Å²) in [4.78, 5) is 46.0. The Hall–Kier alpha value is -3.60. The molecule has 0 saturated carbocycles. The van der Waals surface area contributed by atoms with Crippen LogP contribution in [0.5, 0.6) is 0 Å². The van der Waals surface area contributed by atoms with E-state index in [1.807, 2.05) is 18.2 Å². The highest BCUT2D eigenvalue weighted by Gasteiger charge is 2.28. The molecule has 0 spiro atoms. The highest BCUT2D eigenvalue weighted by Crippen LogP contribution is 2.43. The summed E-state index contributed by atoms with van der Waals surface area (Å²) in [6, 6.07) is -1.57. The molecule has 358 valence electrons. The number of hydrogen-bond donors (Lipinski definition) is 4. The lowest BCUT2D eigenvalue weighted by Gasteiger charge is -2.18. The van der Waals surface area contributed by atoms with Crippen molar-refractivity contribution < 1.29 is 47.8 Å². The third kappa shape index (κ3) is 44.8. The van der Waals surface area contributed by atoms with Crippen LogP contribution in [-0.4, -0.2) is 64.9 Å². The average molecular weight is 902 g/mol. The molecule has 0 aliphatic heterocycles. The quantitative estimate of drug-likeness (QED) is 0.0200. The molecule has 0 aliphatic carbocycles. The number of carbonyl (C=O) groups is 3. The summed E-state index contributed by atoms with van der Waals surface area (Å²) in [6.07, 6.45) is 57.4. The van der Waals surface area contributed by atoms with Crippen LogP contribution in [0, 0.1) is 0 Å². The Morgan fingerprint density at radius 2 is 0.952 bits per heavy atom. The second-order valence-electron chi connectivity index (χ2n) is 15.6. The first kappa shape index (κ1) is 59.4. The SMILES string of the molecule is CC/C=C\C/C=C\C/C=C\C/C=C\C/C=C\C/C=C\C/C=C\CC(=O)OCC(O)COP(=O)(O)OCC(NC(=O)CCCCCCCCC/C=C\CCCCCCCCC)C(=O)O. The Morgan fingerprint density at radius 3 is 1.41 bits per heavy atom. The van der Waals surface area contributed by atoms with Gasteiger partial charge in [0.1, 0.15) is 12.7 Å². The minimum absolute atomic E-state index is 0.0161. The lowest BCUT2D eigenvalue weighted by Crippen LogP contribution is -2.43. The molecule has 0 aromatic heterocycles. The minimum Gasteiger partial charge on any atom is -0.480 e. The maximum absolute atomic E-state index is 12.3. The Bertz CT molecular complexity index is 1430. The van der Waals surface area contributed by atoms with Gasteiger partial charge in [0.25, 0.3) is 0 Å². The van der Waals surface area contributed by atoms with Gasteiger partial charge in [-0.3, -0.25) is 18.6 Å². The van der Waals surface area contributed by atoms with Crippen molar-refractivity contribution in [1.82, 2.24) is 5.32 Å². The fourth-order valence-electron chi connectivity index (χ4n) is 5.98. The van der Waals surface area contributed by atoms with Gasteiger partial charge in [-0.2, -0.15) is 0 Å². The van der Waals surface area contributed by atoms with Crippen molar-refractivity contribution >= 4 is 25.7 Å². The Morgan fingerprint density at radius 1 is 0.540 bits per heavy atom. The number of esters is 1. The van der Waals surface area contributed by atoms with Gasteiger partial charge < -0.3 is 25.2 Å². The highest BCUT2D eigenvalue weighted by molar-refractivity contribution is 7.47. The van der Waals surface area contributed by atoms with Gasteiger partial charge in [0.2, 0.25) is 5.91 Å². The summed E-state index contributed by atoms with van der Waals surface area (Å²) in [5.74, 6) is -2.53.